The van der Waals surface area contributed by atoms with E-state index in [0.717, 1.165) is 32.7 Å². The molecule has 2 N–H and O–H groups in total. The van der Waals surface area contributed by atoms with Crippen molar-refractivity contribution in [2.45, 2.75) is 32.2 Å². The zero-order valence-corrected chi connectivity index (χ0v) is 13.8. The molecular formula is C14H27Cl2N3O. The van der Waals surface area contributed by atoms with Gasteiger partial charge >= 0.3 is 0 Å². The number of carbonyl (C=O) groups excluding carboxylic acids is 1. The standard InChI is InChI=1S/C14H25N3O.2ClH/c1-2-16-5-7-17(8-6-16)14(18)12-10-3-4-11(9-10)13(12)15;;/h10-13H,2-9,15H2,1H3;2*1H. The quantitative estimate of drug-likeness (QED) is 0.835. The van der Waals surface area contributed by atoms with Gasteiger partial charge in [0.2, 0.25) is 5.91 Å². The third-order valence-electron chi connectivity index (χ3n) is 5.40. The molecule has 2 saturated carbocycles. The molecule has 0 aromatic rings. The van der Waals surface area contributed by atoms with E-state index in [9.17, 15) is 4.79 Å². The molecule has 0 aromatic carbocycles. The Bertz CT molecular complexity index is 332. The average molecular weight is 324 g/mol. The maximum atomic E-state index is 12.6. The fourth-order valence-corrected chi connectivity index (χ4v) is 4.20. The summed E-state index contributed by atoms with van der Waals surface area (Å²) in [6, 6.07) is 0.139. The van der Waals surface area contributed by atoms with Gasteiger partial charge in [-0.1, -0.05) is 6.92 Å². The molecule has 4 atom stereocenters. The second kappa shape index (κ2) is 7.30. The van der Waals surface area contributed by atoms with Crippen LogP contribution in [0.5, 0.6) is 0 Å². The van der Waals surface area contributed by atoms with Crippen molar-refractivity contribution in [2.75, 3.05) is 32.7 Å². The Morgan fingerprint density at radius 2 is 1.70 bits per heavy atom. The largest absolute Gasteiger partial charge is 0.340 e. The van der Waals surface area contributed by atoms with Crippen molar-refractivity contribution in [1.82, 2.24) is 9.80 Å². The van der Waals surface area contributed by atoms with Gasteiger partial charge in [0.15, 0.2) is 0 Å². The van der Waals surface area contributed by atoms with Crippen LogP contribution >= 0.6 is 24.8 Å². The van der Waals surface area contributed by atoms with E-state index < -0.39 is 0 Å². The maximum absolute atomic E-state index is 12.6. The highest BCUT2D eigenvalue weighted by Crippen LogP contribution is 2.48. The lowest BCUT2D eigenvalue weighted by atomic mass is 9.84. The molecule has 20 heavy (non-hydrogen) atoms. The molecule has 0 radical (unpaired) electrons. The molecule has 4 nitrogen and oxygen atoms in total. The van der Waals surface area contributed by atoms with Crippen LogP contribution in [0.3, 0.4) is 0 Å². The number of halogens is 2. The highest BCUT2D eigenvalue weighted by Gasteiger charge is 2.50. The van der Waals surface area contributed by atoms with Gasteiger partial charge in [0.05, 0.1) is 5.92 Å². The SMILES string of the molecule is CCN1CCN(C(=O)C2C3CCC(C3)C2N)CC1.Cl.Cl. The van der Waals surface area contributed by atoms with Crippen LogP contribution in [0.1, 0.15) is 26.2 Å². The normalized spacial score (nSPS) is 36.4. The summed E-state index contributed by atoms with van der Waals surface area (Å²) in [5.41, 5.74) is 6.27. The predicted molar refractivity (Wildman–Crippen MR) is 85.5 cm³/mol. The van der Waals surface area contributed by atoms with Crippen molar-refractivity contribution in [2.24, 2.45) is 23.5 Å². The molecule has 1 saturated heterocycles. The summed E-state index contributed by atoms with van der Waals surface area (Å²) in [7, 11) is 0. The minimum absolute atomic E-state index is 0. The number of likely N-dealkylation sites (N-methyl/N-ethyl adjacent to an activating group) is 1. The molecule has 1 heterocycles. The summed E-state index contributed by atoms with van der Waals surface area (Å²) in [6.45, 7) is 7.12. The van der Waals surface area contributed by atoms with Crippen molar-refractivity contribution in [3.63, 3.8) is 0 Å². The van der Waals surface area contributed by atoms with E-state index in [1.807, 2.05) is 0 Å². The molecule has 3 fully saturated rings. The highest BCUT2D eigenvalue weighted by atomic mass is 35.5. The topological polar surface area (TPSA) is 49.6 Å². The number of rotatable bonds is 2. The molecule has 1 amide bonds. The van der Waals surface area contributed by atoms with Gasteiger partial charge < -0.3 is 15.5 Å². The first-order valence-corrected chi connectivity index (χ1v) is 7.47. The van der Waals surface area contributed by atoms with Crippen molar-refractivity contribution < 1.29 is 4.79 Å². The number of nitrogens with two attached hydrogens (primary N) is 1. The van der Waals surface area contributed by atoms with Crippen molar-refractivity contribution in [3.05, 3.63) is 0 Å². The van der Waals surface area contributed by atoms with E-state index >= 15 is 0 Å². The summed E-state index contributed by atoms with van der Waals surface area (Å²) in [5.74, 6) is 1.70. The molecule has 3 rings (SSSR count). The zero-order chi connectivity index (χ0) is 12.7. The van der Waals surface area contributed by atoms with E-state index in [-0.39, 0.29) is 36.8 Å². The molecule has 2 aliphatic carbocycles. The van der Waals surface area contributed by atoms with Gasteiger partial charge in [-0.3, -0.25) is 4.79 Å². The van der Waals surface area contributed by atoms with Gasteiger partial charge in [0.1, 0.15) is 0 Å². The molecule has 3 aliphatic rings. The van der Waals surface area contributed by atoms with E-state index in [1.165, 1.54) is 19.3 Å². The predicted octanol–water partition coefficient (Wildman–Crippen LogP) is 1.37. The van der Waals surface area contributed by atoms with Gasteiger partial charge in [-0.2, -0.15) is 0 Å². The summed E-state index contributed by atoms with van der Waals surface area (Å²) in [5, 5.41) is 0. The molecular weight excluding hydrogens is 297 g/mol. The summed E-state index contributed by atoms with van der Waals surface area (Å²) in [6.07, 6.45) is 3.68. The zero-order valence-electron chi connectivity index (χ0n) is 12.2. The second-order valence-electron chi connectivity index (χ2n) is 6.20. The van der Waals surface area contributed by atoms with Crippen LogP contribution in [0, 0.1) is 17.8 Å². The minimum atomic E-state index is 0. The van der Waals surface area contributed by atoms with Crippen LogP contribution in [0.15, 0.2) is 0 Å². The van der Waals surface area contributed by atoms with Crippen LogP contribution in [-0.4, -0.2) is 54.5 Å². The van der Waals surface area contributed by atoms with Gasteiger partial charge in [-0.25, -0.2) is 0 Å². The molecule has 4 unspecified atom stereocenters. The van der Waals surface area contributed by atoms with Crippen LogP contribution in [-0.2, 0) is 4.79 Å². The van der Waals surface area contributed by atoms with Crippen molar-refractivity contribution >= 4 is 30.7 Å². The second-order valence-corrected chi connectivity index (χ2v) is 6.20. The fraction of sp³-hybridized carbons (Fsp3) is 0.929. The number of hydrogen-bond acceptors (Lipinski definition) is 3. The average Bonchev–Trinajstić information content (AvgIpc) is 2.99. The highest BCUT2D eigenvalue weighted by molar-refractivity contribution is 5.85. The Morgan fingerprint density at radius 3 is 2.20 bits per heavy atom. The van der Waals surface area contributed by atoms with Crippen molar-refractivity contribution in [3.8, 4) is 0 Å². The maximum Gasteiger partial charge on any atom is 0.227 e. The van der Waals surface area contributed by atoms with E-state index in [0.29, 0.717) is 17.7 Å². The summed E-state index contributed by atoms with van der Waals surface area (Å²) in [4.78, 5) is 17.1. The van der Waals surface area contributed by atoms with Gasteiger partial charge in [0, 0.05) is 32.2 Å². The number of hydrogen-bond donors (Lipinski definition) is 1. The number of fused-ring (bicyclic) bond motifs is 2. The Morgan fingerprint density at radius 1 is 1.10 bits per heavy atom. The smallest absolute Gasteiger partial charge is 0.227 e. The lowest BCUT2D eigenvalue weighted by Gasteiger charge is -2.38. The Hall–Kier alpha value is -0.0300. The van der Waals surface area contributed by atoms with Crippen LogP contribution < -0.4 is 5.73 Å². The lowest BCUT2D eigenvalue weighted by molar-refractivity contribution is -0.139. The number of amides is 1. The first-order chi connectivity index (χ1) is 8.70. The van der Waals surface area contributed by atoms with Crippen LogP contribution in [0.2, 0.25) is 0 Å². The lowest BCUT2D eigenvalue weighted by Crippen LogP contribution is -2.53. The Kier molecular flexibility index (Phi) is 6.58. The Labute approximate surface area is 134 Å². The van der Waals surface area contributed by atoms with Crippen LogP contribution in [0.4, 0.5) is 0 Å². The molecule has 6 heteroatoms. The fourth-order valence-electron chi connectivity index (χ4n) is 4.20. The van der Waals surface area contributed by atoms with Gasteiger partial charge in [0.25, 0.3) is 0 Å². The van der Waals surface area contributed by atoms with Crippen molar-refractivity contribution in [1.29, 1.82) is 0 Å². The van der Waals surface area contributed by atoms with E-state index in [1.54, 1.807) is 0 Å². The molecule has 2 bridgehead atoms. The number of piperazine rings is 1. The number of nitrogens with zero attached hydrogens (tertiary/aromatic N) is 2. The Balaban J connectivity index is 0.000001000. The third kappa shape index (κ3) is 3.08. The van der Waals surface area contributed by atoms with Gasteiger partial charge in [-0.15, -0.1) is 24.8 Å². The van der Waals surface area contributed by atoms with Gasteiger partial charge in [-0.05, 0) is 37.6 Å². The van der Waals surface area contributed by atoms with E-state index in [2.05, 4.69) is 16.7 Å². The summed E-state index contributed by atoms with van der Waals surface area (Å²) >= 11 is 0. The van der Waals surface area contributed by atoms with Crippen LogP contribution in [0.25, 0.3) is 0 Å². The first kappa shape index (κ1) is 18.0. The molecule has 118 valence electrons. The molecule has 0 spiro atoms. The molecule has 1 aliphatic heterocycles. The number of carbonyl (C=O) groups is 1. The first-order valence-electron chi connectivity index (χ1n) is 7.47. The third-order valence-corrected chi connectivity index (χ3v) is 5.40. The van der Waals surface area contributed by atoms with E-state index in [4.69, 9.17) is 5.73 Å². The summed E-state index contributed by atoms with van der Waals surface area (Å²) < 4.78 is 0. The monoisotopic (exact) mass is 323 g/mol. The minimum Gasteiger partial charge on any atom is -0.340 e. The molecule has 0 aromatic heterocycles.